The molecule has 1 atom stereocenters. The molecule has 0 bridgehead atoms. The minimum atomic E-state index is -0.919. The number of likely N-dealkylation sites (tertiary alicyclic amines) is 1. The third-order valence-corrected chi connectivity index (χ3v) is 3.69. The average molecular weight is 252 g/mol. The van der Waals surface area contributed by atoms with Crippen molar-refractivity contribution in [3.05, 3.63) is 29.8 Å². The SMILES string of the molecule is CCCN1CCCC(O)(c2cncc(F)c2)CC1. The molecule has 1 aromatic rings. The Morgan fingerprint density at radius 2 is 2.22 bits per heavy atom. The fourth-order valence-electron chi connectivity index (χ4n) is 2.67. The molecule has 3 nitrogen and oxygen atoms in total. The quantitative estimate of drug-likeness (QED) is 0.896. The van der Waals surface area contributed by atoms with Gasteiger partial charge in [-0.25, -0.2) is 4.39 Å². The lowest BCUT2D eigenvalue weighted by Crippen LogP contribution is -2.29. The number of halogens is 1. The Balaban J connectivity index is 2.11. The molecule has 2 heterocycles. The zero-order chi connectivity index (χ0) is 13.0. The Labute approximate surface area is 108 Å². The second-order valence-electron chi connectivity index (χ2n) is 5.12. The maximum Gasteiger partial charge on any atom is 0.141 e. The molecular formula is C14H21FN2O. The van der Waals surface area contributed by atoms with E-state index in [1.54, 1.807) is 6.20 Å². The number of hydrogen-bond acceptors (Lipinski definition) is 3. The number of rotatable bonds is 3. The summed E-state index contributed by atoms with van der Waals surface area (Å²) in [7, 11) is 0. The first-order valence-corrected chi connectivity index (χ1v) is 6.70. The van der Waals surface area contributed by atoms with Gasteiger partial charge >= 0.3 is 0 Å². The van der Waals surface area contributed by atoms with Gasteiger partial charge in [0, 0.05) is 18.3 Å². The van der Waals surface area contributed by atoms with Crippen LogP contribution in [0.2, 0.25) is 0 Å². The van der Waals surface area contributed by atoms with E-state index in [0.717, 1.165) is 32.5 Å². The molecule has 1 unspecified atom stereocenters. The Morgan fingerprint density at radius 3 is 2.94 bits per heavy atom. The lowest BCUT2D eigenvalue weighted by molar-refractivity contribution is 0.0206. The van der Waals surface area contributed by atoms with Gasteiger partial charge in [0.25, 0.3) is 0 Å². The molecule has 1 saturated heterocycles. The summed E-state index contributed by atoms with van der Waals surface area (Å²) in [5.41, 5.74) is -0.307. The number of pyridine rings is 1. The molecule has 0 spiro atoms. The highest BCUT2D eigenvalue weighted by Crippen LogP contribution is 2.32. The highest BCUT2D eigenvalue weighted by molar-refractivity contribution is 5.19. The number of aliphatic hydroxyl groups is 1. The first-order valence-electron chi connectivity index (χ1n) is 6.70. The molecule has 0 aliphatic carbocycles. The van der Waals surface area contributed by atoms with E-state index < -0.39 is 5.60 Å². The Bertz CT molecular complexity index is 399. The van der Waals surface area contributed by atoms with Crippen LogP contribution in [0.3, 0.4) is 0 Å². The molecule has 0 aromatic carbocycles. The Morgan fingerprint density at radius 1 is 1.39 bits per heavy atom. The third-order valence-electron chi connectivity index (χ3n) is 3.69. The second kappa shape index (κ2) is 5.76. The van der Waals surface area contributed by atoms with E-state index >= 15 is 0 Å². The maximum absolute atomic E-state index is 13.2. The van der Waals surface area contributed by atoms with Crippen molar-refractivity contribution < 1.29 is 9.50 Å². The van der Waals surface area contributed by atoms with Gasteiger partial charge in [0.05, 0.1) is 11.8 Å². The monoisotopic (exact) mass is 252 g/mol. The number of aromatic nitrogens is 1. The Hall–Kier alpha value is -1.00. The van der Waals surface area contributed by atoms with E-state index in [2.05, 4.69) is 16.8 Å². The smallest absolute Gasteiger partial charge is 0.141 e. The summed E-state index contributed by atoms with van der Waals surface area (Å²) in [4.78, 5) is 6.21. The molecule has 100 valence electrons. The summed E-state index contributed by atoms with van der Waals surface area (Å²) in [5, 5.41) is 10.7. The zero-order valence-electron chi connectivity index (χ0n) is 10.9. The Kier molecular flexibility index (Phi) is 4.30. The van der Waals surface area contributed by atoms with Gasteiger partial charge in [-0.2, -0.15) is 0 Å². The van der Waals surface area contributed by atoms with Crippen molar-refractivity contribution in [2.75, 3.05) is 19.6 Å². The number of hydrogen-bond donors (Lipinski definition) is 1. The van der Waals surface area contributed by atoms with Gasteiger partial charge in [0.15, 0.2) is 0 Å². The van der Waals surface area contributed by atoms with E-state index in [1.807, 2.05) is 0 Å². The van der Waals surface area contributed by atoms with Crippen molar-refractivity contribution in [3.63, 3.8) is 0 Å². The summed E-state index contributed by atoms with van der Waals surface area (Å²) < 4.78 is 13.2. The van der Waals surface area contributed by atoms with Gasteiger partial charge in [-0.1, -0.05) is 6.92 Å². The molecule has 2 rings (SSSR count). The highest BCUT2D eigenvalue weighted by atomic mass is 19.1. The minimum Gasteiger partial charge on any atom is -0.385 e. The molecule has 0 saturated carbocycles. The van der Waals surface area contributed by atoms with Crippen molar-refractivity contribution in [1.29, 1.82) is 0 Å². The topological polar surface area (TPSA) is 36.4 Å². The van der Waals surface area contributed by atoms with Crippen molar-refractivity contribution in [2.24, 2.45) is 0 Å². The second-order valence-corrected chi connectivity index (χ2v) is 5.12. The molecule has 0 amide bonds. The van der Waals surface area contributed by atoms with Crippen LogP contribution in [0.25, 0.3) is 0 Å². The fraction of sp³-hybridized carbons (Fsp3) is 0.643. The van der Waals surface area contributed by atoms with Crippen LogP contribution in [-0.4, -0.2) is 34.6 Å². The van der Waals surface area contributed by atoms with Crippen LogP contribution in [0.5, 0.6) is 0 Å². The van der Waals surface area contributed by atoms with Gasteiger partial charge in [0.1, 0.15) is 5.82 Å². The van der Waals surface area contributed by atoms with Crippen LogP contribution in [0.4, 0.5) is 4.39 Å². The van der Waals surface area contributed by atoms with Crippen molar-refractivity contribution in [2.45, 2.75) is 38.2 Å². The van der Waals surface area contributed by atoms with Crippen molar-refractivity contribution in [1.82, 2.24) is 9.88 Å². The van der Waals surface area contributed by atoms with Crippen molar-refractivity contribution >= 4 is 0 Å². The van der Waals surface area contributed by atoms with Gasteiger partial charge < -0.3 is 10.0 Å². The highest BCUT2D eigenvalue weighted by Gasteiger charge is 2.32. The first-order chi connectivity index (χ1) is 8.64. The zero-order valence-corrected chi connectivity index (χ0v) is 10.9. The van der Waals surface area contributed by atoms with Crippen LogP contribution in [-0.2, 0) is 5.60 Å². The molecule has 1 aliphatic rings. The predicted molar refractivity (Wildman–Crippen MR) is 68.7 cm³/mol. The molecule has 1 aliphatic heterocycles. The summed E-state index contributed by atoms with van der Waals surface area (Å²) in [5.74, 6) is -0.379. The fourth-order valence-corrected chi connectivity index (χ4v) is 2.67. The lowest BCUT2D eigenvalue weighted by Gasteiger charge is -2.27. The third kappa shape index (κ3) is 3.06. The van der Waals surface area contributed by atoms with E-state index in [9.17, 15) is 9.50 Å². The standard InChI is InChI=1S/C14H21FN2O/c1-2-6-17-7-3-4-14(18,5-8-17)12-9-13(15)11-16-10-12/h9-11,18H,2-8H2,1H3. The minimum absolute atomic E-state index is 0.379. The van der Waals surface area contributed by atoms with Crippen LogP contribution in [0, 0.1) is 5.82 Å². The molecule has 1 aromatic heterocycles. The van der Waals surface area contributed by atoms with Crippen LogP contribution in [0.15, 0.2) is 18.5 Å². The van der Waals surface area contributed by atoms with Gasteiger partial charge in [-0.05, 0) is 44.8 Å². The molecule has 1 N–H and O–H groups in total. The molecule has 4 heteroatoms. The van der Waals surface area contributed by atoms with Crippen LogP contribution < -0.4 is 0 Å². The number of nitrogens with zero attached hydrogens (tertiary/aromatic N) is 2. The van der Waals surface area contributed by atoms with E-state index in [-0.39, 0.29) is 5.82 Å². The van der Waals surface area contributed by atoms with Gasteiger partial charge in [-0.3, -0.25) is 4.98 Å². The predicted octanol–water partition coefficient (Wildman–Crippen LogP) is 2.30. The van der Waals surface area contributed by atoms with Gasteiger partial charge in [-0.15, -0.1) is 0 Å². The molecule has 1 fully saturated rings. The van der Waals surface area contributed by atoms with Crippen LogP contribution in [0.1, 0.15) is 38.2 Å². The van der Waals surface area contributed by atoms with E-state index in [4.69, 9.17) is 0 Å². The summed E-state index contributed by atoms with van der Waals surface area (Å²) >= 11 is 0. The van der Waals surface area contributed by atoms with Gasteiger partial charge in [0.2, 0.25) is 0 Å². The first kappa shape index (κ1) is 13.4. The van der Waals surface area contributed by atoms with E-state index in [1.165, 1.54) is 12.3 Å². The maximum atomic E-state index is 13.2. The molecule has 0 radical (unpaired) electrons. The van der Waals surface area contributed by atoms with E-state index in [0.29, 0.717) is 18.4 Å². The van der Waals surface area contributed by atoms with Crippen molar-refractivity contribution in [3.8, 4) is 0 Å². The summed E-state index contributed by atoms with van der Waals surface area (Å²) in [6.07, 6.45) is 6.15. The van der Waals surface area contributed by atoms with Crippen LogP contribution >= 0.6 is 0 Å². The molecule has 18 heavy (non-hydrogen) atoms. The largest absolute Gasteiger partial charge is 0.385 e. The molecular weight excluding hydrogens is 231 g/mol. The summed E-state index contributed by atoms with van der Waals surface area (Å²) in [6, 6.07) is 1.41. The normalized spacial score (nSPS) is 25.9. The average Bonchev–Trinajstić information content (AvgIpc) is 2.54. The lowest BCUT2D eigenvalue weighted by atomic mass is 9.88. The summed E-state index contributed by atoms with van der Waals surface area (Å²) in [6.45, 7) is 5.10.